The fraction of sp³-hybridized carbons (Fsp3) is 0.182. The van der Waals surface area contributed by atoms with Crippen LogP contribution in [0.2, 0.25) is 0 Å². The fourth-order valence-corrected chi connectivity index (χ4v) is 1.10. The molecule has 4 nitrogen and oxygen atoms in total. The van der Waals surface area contributed by atoms with Gasteiger partial charge in [0.05, 0.1) is 0 Å². The number of ether oxygens (including phenoxy) is 1. The van der Waals surface area contributed by atoms with Crippen LogP contribution in [0.15, 0.2) is 30.3 Å². The summed E-state index contributed by atoms with van der Waals surface area (Å²) in [4.78, 5) is 32.9. The van der Waals surface area contributed by atoms with E-state index < -0.39 is 24.2 Å². The van der Waals surface area contributed by atoms with Crippen molar-refractivity contribution in [2.75, 3.05) is 6.61 Å². The SMILES string of the molecule is O=C(Cl)COC(=O)CC(=O)c1ccccc1. The van der Waals surface area contributed by atoms with E-state index in [-0.39, 0.29) is 5.78 Å². The van der Waals surface area contributed by atoms with Crippen LogP contribution >= 0.6 is 11.6 Å². The second kappa shape index (κ2) is 6.02. The molecule has 0 aliphatic heterocycles. The zero-order chi connectivity index (χ0) is 12.0. The molecule has 0 amide bonds. The van der Waals surface area contributed by atoms with Crippen LogP contribution in [0.4, 0.5) is 0 Å². The Hall–Kier alpha value is -1.68. The van der Waals surface area contributed by atoms with Crippen LogP contribution in [-0.4, -0.2) is 23.6 Å². The van der Waals surface area contributed by atoms with Gasteiger partial charge in [-0.05, 0) is 11.6 Å². The molecule has 0 aromatic heterocycles. The standard InChI is InChI=1S/C11H9ClO4/c12-10(14)7-16-11(15)6-9(13)8-4-2-1-3-5-8/h1-5H,6-7H2. The molecular weight excluding hydrogens is 232 g/mol. The number of rotatable bonds is 5. The van der Waals surface area contributed by atoms with Crippen molar-refractivity contribution in [2.24, 2.45) is 0 Å². The van der Waals surface area contributed by atoms with E-state index in [0.29, 0.717) is 5.56 Å². The van der Waals surface area contributed by atoms with Crippen molar-refractivity contribution in [3.05, 3.63) is 35.9 Å². The summed E-state index contributed by atoms with van der Waals surface area (Å²) >= 11 is 4.97. The first-order chi connectivity index (χ1) is 7.59. The Kier molecular flexibility index (Phi) is 4.66. The molecule has 0 saturated carbocycles. The van der Waals surface area contributed by atoms with E-state index >= 15 is 0 Å². The summed E-state index contributed by atoms with van der Waals surface area (Å²) in [5.41, 5.74) is 0.427. The third-order valence-corrected chi connectivity index (χ3v) is 1.86. The Bertz CT molecular complexity index is 400. The van der Waals surface area contributed by atoms with Crippen LogP contribution in [0.3, 0.4) is 0 Å². The van der Waals surface area contributed by atoms with Crippen LogP contribution < -0.4 is 0 Å². The Labute approximate surface area is 97.2 Å². The number of halogens is 1. The molecule has 0 atom stereocenters. The zero-order valence-electron chi connectivity index (χ0n) is 8.31. The summed E-state index contributed by atoms with van der Waals surface area (Å²) < 4.78 is 4.45. The van der Waals surface area contributed by atoms with Crippen LogP contribution in [0, 0.1) is 0 Å². The monoisotopic (exact) mass is 240 g/mol. The molecule has 0 aliphatic carbocycles. The number of carbonyl (C=O) groups is 3. The van der Waals surface area contributed by atoms with Gasteiger partial charge in [0.2, 0.25) is 0 Å². The molecule has 0 fully saturated rings. The maximum Gasteiger partial charge on any atom is 0.314 e. The normalized spacial score (nSPS) is 9.56. The van der Waals surface area contributed by atoms with E-state index in [1.165, 1.54) is 0 Å². The average Bonchev–Trinajstić information content (AvgIpc) is 2.27. The summed E-state index contributed by atoms with van der Waals surface area (Å²) in [6.07, 6.45) is -0.395. The lowest BCUT2D eigenvalue weighted by molar-refractivity contribution is -0.145. The number of esters is 1. The highest BCUT2D eigenvalue weighted by Gasteiger charge is 2.13. The molecule has 84 valence electrons. The Balaban J connectivity index is 2.46. The lowest BCUT2D eigenvalue weighted by Gasteiger charge is -2.01. The van der Waals surface area contributed by atoms with Crippen LogP contribution in [0.25, 0.3) is 0 Å². The highest BCUT2D eigenvalue weighted by Crippen LogP contribution is 2.03. The minimum atomic E-state index is -0.777. The Morgan fingerprint density at radius 1 is 1.12 bits per heavy atom. The van der Waals surface area contributed by atoms with Gasteiger partial charge in [-0.25, -0.2) is 0 Å². The molecule has 16 heavy (non-hydrogen) atoms. The van der Waals surface area contributed by atoms with Gasteiger partial charge in [-0.2, -0.15) is 0 Å². The number of hydrogen-bond donors (Lipinski definition) is 0. The fourth-order valence-electron chi connectivity index (χ4n) is 1.05. The first kappa shape index (κ1) is 12.4. The smallest absolute Gasteiger partial charge is 0.314 e. The molecule has 0 aliphatic rings. The van der Waals surface area contributed by atoms with Crippen LogP contribution in [0.5, 0.6) is 0 Å². The number of Topliss-reactive ketones (excluding diaryl/α,β-unsaturated/α-hetero) is 1. The molecule has 0 radical (unpaired) electrons. The summed E-state index contributed by atoms with van der Waals surface area (Å²) in [7, 11) is 0. The van der Waals surface area contributed by atoms with E-state index in [9.17, 15) is 14.4 Å². The second-order valence-electron chi connectivity index (χ2n) is 2.98. The molecule has 5 heteroatoms. The Morgan fingerprint density at radius 2 is 1.75 bits per heavy atom. The van der Waals surface area contributed by atoms with E-state index in [1.807, 2.05) is 0 Å². The van der Waals surface area contributed by atoms with Crippen LogP contribution in [0.1, 0.15) is 16.8 Å². The summed E-state index contributed by atoms with van der Waals surface area (Å²) in [5.74, 6) is -1.12. The zero-order valence-corrected chi connectivity index (χ0v) is 9.07. The van der Waals surface area contributed by atoms with Gasteiger partial charge < -0.3 is 4.74 Å². The van der Waals surface area contributed by atoms with Gasteiger partial charge >= 0.3 is 5.97 Å². The molecule has 0 spiro atoms. The minimum Gasteiger partial charge on any atom is -0.456 e. The van der Waals surface area contributed by atoms with Gasteiger partial charge in [0.25, 0.3) is 5.24 Å². The van der Waals surface area contributed by atoms with E-state index in [0.717, 1.165) is 0 Å². The summed E-state index contributed by atoms with van der Waals surface area (Å²) in [6, 6.07) is 8.35. The topological polar surface area (TPSA) is 60.4 Å². The average molecular weight is 241 g/mol. The van der Waals surface area contributed by atoms with Crippen molar-refractivity contribution < 1.29 is 19.1 Å². The van der Waals surface area contributed by atoms with Gasteiger partial charge in [0.1, 0.15) is 6.42 Å². The van der Waals surface area contributed by atoms with Crippen molar-refractivity contribution in [1.29, 1.82) is 0 Å². The second-order valence-corrected chi connectivity index (χ2v) is 3.40. The van der Waals surface area contributed by atoms with Gasteiger partial charge in [-0.15, -0.1) is 0 Å². The molecule has 0 N–H and O–H groups in total. The van der Waals surface area contributed by atoms with Crippen molar-refractivity contribution in [2.45, 2.75) is 6.42 Å². The summed E-state index contributed by atoms with van der Waals surface area (Å²) in [5, 5.41) is -0.777. The molecule has 0 saturated heterocycles. The molecule has 1 aromatic rings. The number of ketones is 1. The molecular formula is C11H9ClO4. The van der Waals surface area contributed by atoms with Gasteiger partial charge in [-0.1, -0.05) is 30.3 Å². The highest BCUT2D eigenvalue weighted by molar-refractivity contribution is 6.64. The molecule has 0 unspecified atom stereocenters. The maximum atomic E-state index is 11.5. The maximum absolute atomic E-state index is 11.5. The first-order valence-electron chi connectivity index (χ1n) is 4.52. The van der Waals surface area contributed by atoms with Gasteiger partial charge in [0, 0.05) is 5.56 Å². The predicted octanol–water partition coefficient (Wildman–Crippen LogP) is 1.57. The van der Waals surface area contributed by atoms with Gasteiger partial charge in [0.15, 0.2) is 12.4 Å². The lowest BCUT2D eigenvalue weighted by Crippen LogP contribution is -2.14. The van der Waals surface area contributed by atoms with Crippen molar-refractivity contribution in [1.82, 2.24) is 0 Å². The predicted molar refractivity (Wildman–Crippen MR) is 57.2 cm³/mol. The lowest BCUT2D eigenvalue weighted by atomic mass is 10.1. The minimum absolute atomic E-state index is 0.354. The van der Waals surface area contributed by atoms with Crippen molar-refractivity contribution in [3.63, 3.8) is 0 Å². The molecule has 1 aromatic carbocycles. The highest BCUT2D eigenvalue weighted by atomic mass is 35.5. The molecule has 0 bridgehead atoms. The molecule has 1 rings (SSSR count). The van der Waals surface area contributed by atoms with Crippen molar-refractivity contribution in [3.8, 4) is 0 Å². The van der Waals surface area contributed by atoms with Crippen molar-refractivity contribution >= 4 is 28.6 Å². The Morgan fingerprint density at radius 3 is 2.31 bits per heavy atom. The van der Waals surface area contributed by atoms with E-state index in [1.54, 1.807) is 30.3 Å². The number of carbonyl (C=O) groups excluding carboxylic acids is 3. The largest absolute Gasteiger partial charge is 0.456 e. The molecule has 0 heterocycles. The number of benzene rings is 1. The first-order valence-corrected chi connectivity index (χ1v) is 4.89. The van der Waals surface area contributed by atoms with Crippen LogP contribution in [-0.2, 0) is 14.3 Å². The quantitative estimate of drug-likeness (QED) is 0.339. The van der Waals surface area contributed by atoms with E-state index in [2.05, 4.69) is 4.74 Å². The van der Waals surface area contributed by atoms with E-state index in [4.69, 9.17) is 11.6 Å². The third-order valence-electron chi connectivity index (χ3n) is 1.75. The summed E-state index contributed by atoms with van der Waals surface area (Å²) in [6.45, 7) is -0.511. The van der Waals surface area contributed by atoms with Gasteiger partial charge in [-0.3, -0.25) is 14.4 Å². The number of hydrogen-bond acceptors (Lipinski definition) is 4. The third kappa shape index (κ3) is 4.23.